The van der Waals surface area contributed by atoms with Gasteiger partial charge in [0.1, 0.15) is 6.04 Å². The molecule has 0 bridgehead atoms. The van der Waals surface area contributed by atoms with Gasteiger partial charge in [0, 0.05) is 11.4 Å². The molecule has 1 aliphatic rings. The summed E-state index contributed by atoms with van der Waals surface area (Å²) in [7, 11) is -3.74. The van der Waals surface area contributed by atoms with Crippen molar-refractivity contribution in [3.63, 3.8) is 0 Å². The molecule has 1 atom stereocenters. The minimum absolute atomic E-state index is 0.207. The largest absolute Gasteiger partial charge is 0.271 e. The van der Waals surface area contributed by atoms with Crippen LogP contribution in [0.5, 0.6) is 0 Å². The molecule has 30 heavy (non-hydrogen) atoms. The van der Waals surface area contributed by atoms with E-state index in [4.69, 9.17) is 0 Å². The van der Waals surface area contributed by atoms with E-state index in [1.54, 1.807) is 42.1 Å². The first kappa shape index (κ1) is 20.8. The van der Waals surface area contributed by atoms with Crippen molar-refractivity contribution in [2.45, 2.75) is 47.4 Å². The van der Waals surface area contributed by atoms with E-state index in [2.05, 4.69) is 5.10 Å². The molecule has 6 nitrogen and oxygen atoms in total. The van der Waals surface area contributed by atoms with Crippen LogP contribution in [-0.2, 0) is 10.0 Å². The zero-order valence-electron chi connectivity index (χ0n) is 16.9. The number of nitrogens with zero attached hydrogens (tertiary/aromatic N) is 3. The SMILES string of the molecule is Cc1nn(C(=O)[C@H]2CCCN2S(=O)(=O)c2ccccc2)c(C)c1Sc1ccccc1. The van der Waals surface area contributed by atoms with Gasteiger partial charge in [-0.1, -0.05) is 48.2 Å². The first-order valence-corrected chi connectivity index (χ1v) is 12.1. The summed E-state index contributed by atoms with van der Waals surface area (Å²) in [6.45, 7) is 4.06. The highest BCUT2D eigenvalue weighted by atomic mass is 32.2. The van der Waals surface area contributed by atoms with Gasteiger partial charge in [0.05, 0.1) is 21.2 Å². The highest BCUT2D eigenvalue weighted by molar-refractivity contribution is 7.99. The van der Waals surface area contributed by atoms with Gasteiger partial charge >= 0.3 is 0 Å². The molecular formula is C22H23N3O3S2. The van der Waals surface area contributed by atoms with Gasteiger partial charge in [-0.05, 0) is 51.0 Å². The fraction of sp³-hybridized carbons (Fsp3) is 0.273. The smallest absolute Gasteiger partial charge is 0.265 e. The molecule has 1 fully saturated rings. The van der Waals surface area contributed by atoms with Crippen LogP contribution >= 0.6 is 11.8 Å². The summed E-state index contributed by atoms with van der Waals surface area (Å²) in [5.41, 5.74) is 1.49. The Balaban J connectivity index is 1.64. The van der Waals surface area contributed by atoms with Crippen LogP contribution in [0.4, 0.5) is 0 Å². The molecule has 8 heteroatoms. The molecule has 0 aliphatic carbocycles. The van der Waals surface area contributed by atoms with Gasteiger partial charge in [-0.2, -0.15) is 9.40 Å². The van der Waals surface area contributed by atoms with Crippen LogP contribution in [0.3, 0.4) is 0 Å². The average molecular weight is 442 g/mol. The van der Waals surface area contributed by atoms with Crippen molar-refractivity contribution in [1.29, 1.82) is 0 Å². The maximum atomic E-state index is 13.4. The number of benzene rings is 2. The molecule has 2 heterocycles. The Hall–Kier alpha value is -2.42. The number of aryl methyl sites for hydroxylation is 1. The van der Waals surface area contributed by atoms with Gasteiger partial charge in [0.25, 0.3) is 5.91 Å². The topological polar surface area (TPSA) is 72.3 Å². The standard InChI is InChI=1S/C22H23N3O3S2/c1-16-21(29-18-10-5-3-6-11-18)17(2)25(23-16)22(26)20-14-9-15-24(20)30(27,28)19-12-7-4-8-13-19/h3-8,10-13,20H,9,14-15H2,1-2H3/t20-/m1/s1. The van der Waals surface area contributed by atoms with Crippen molar-refractivity contribution < 1.29 is 13.2 Å². The van der Waals surface area contributed by atoms with Crippen molar-refractivity contribution >= 4 is 27.7 Å². The molecule has 0 spiro atoms. The fourth-order valence-electron chi connectivity index (χ4n) is 3.74. The monoisotopic (exact) mass is 441 g/mol. The van der Waals surface area contributed by atoms with Crippen molar-refractivity contribution in [2.75, 3.05) is 6.54 Å². The van der Waals surface area contributed by atoms with Gasteiger partial charge in [-0.3, -0.25) is 4.79 Å². The van der Waals surface area contributed by atoms with E-state index in [9.17, 15) is 13.2 Å². The average Bonchev–Trinajstić information content (AvgIpc) is 3.36. The number of hydrogen-bond acceptors (Lipinski definition) is 5. The second kappa shape index (κ2) is 8.37. The number of hydrogen-bond donors (Lipinski definition) is 0. The van der Waals surface area contributed by atoms with Crippen LogP contribution < -0.4 is 0 Å². The van der Waals surface area contributed by atoms with Crippen molar-refractivity contribution in [2.24, 2.45) is 0 Å². The third-order valence-electron chi connectivity index (χ3n) is 5.24. The van der Waals surface area contributed by atoms with Gasteiger partial charge in [0.15, 0.2) is 0 Å². The molecule has 0 N–H and O–H groups in total. The minimum Gasteiger partial charge on any atom is -0.271 e. The minimum atomic E-state index is -3.74. The maximum Gasteiger partial charge on any atom is 0.265 e. The Morgan fingerprint density at radius 1 is 1.03 bits per heavy atom. The third kappa shape index (κ3) is 3.82. The summed E-state index contributed by atoms with van der Waals surface area (Å²) in [6, 6.07) is 17.4. The summed E-state index contributed by atoms with van der Waals surface area (Å²) in [6.07, 6.45) is 1.14. The second-order valence-electron chi connectivity index (χ2n) is 7.25. The number of carbonyl (C=O) groups excluding carboxylic acids is 1. The summed E-state index contributed by atoms with van der Waals surface area (Å²) in [5, 5.41) is 4.46. The van der Waals surface area contributed by atoms with Crippen LogP contribution in [0.2, 0.25) is 0 Å². The fourth-order valence-corrected chi connectivity index (χ4v) is 6.36. The van der Waals surface area contributed by atoms with Crippen LogP contribution in [-0.4, -0.2) is 41.0 Å². The first-order chi connectivity index (χ1) is 14.4. The molecular weight excluding hydrogens is 418 g/mol. The molecule has 1 aliphatic heterocycles. The molecule has 1 saturated heterocycles. The van der Waals surface area contributed by atoms with Crippen molar-refractivity contribution in [1.82, 2.24) is 14.1 Å². The van der Waals surface area contributed by atoms with E-state index >= 15 is 0 Å². The molecule has 1 aromatic heterocycles. The Bertz CT molecular complexity index is 1160. The summed E-state index contributed by atoms with van der Waals surface area (Å²) >= 11 is 1.56. The number of sulfonamides is 1. The first-order valence-electron chi connectivity index (χ1n) is 9.80. The van der Waals surface area contributed by atoms with E-state index in [0.717, 1.165) is 21.2 Å². The maximum absolute atomic E-state index is 13.4. The molecule has 0 unspecified atom stereocenters. The lowest BCUT2D eigenvalue weighted by Gasteiger charge is -2.23. The highest BCUT2D eigenvalue weighted by Gasteiger charge is 2.40. The normalized spacial score (nSPS) is 17.3. The van der Waals surface area contributed by atoms with E-state index in [1.165, 1.54) is 8.99 Å². The predicted octanol–water partition coefficient (Wildman–Crippen LogP) is 4.14. The Morgan fingerprint density at radius 2 is 1.67 bits per heavy atom. The van der Waals surface area contributed by atoms with Gasteiger partial charge in [-0.15, -0.1) is 0 Å². The van der Waals surface area contributed by atoms with E-state index in [1.807, 2.05) is 44.2 Å². The van der Waals surface area contributed by atoms with Crippen LogP contribution in [0.1, 0.15) is 29.0 Å². The molecule has 4 rings (SSSR count). The molecule has 2 aromatic carbocycles. The zero-order valence-corrected chi connectivity index (χ0v) is 18.5. The van der Waals surface area contributed by atoms with Crippen molar-refractivity contribution in [3.05, 3.63) is 72.1 Å². The number of carbonyl (C=O) groups is 1. The highest BCUT2D eigenvalue weighted by Crippen LogP contribution is 2.34. The Labute approximate surface area is 181 Å². The molecule has 0 radical (unpaired) electrons. The van der Waals surface area contributed by atoms with E-state index in [-0.39, 0.29) is 10.8 Å². The summed E-state index contributed by atoms with van der Waals surface area (Å²) in [5.74, 6) is -0.299. The lowest BCUT2D eigenvalue weighted by molar-refractivity contribution is 0.0813. The molecule has 3 aromatic rings. The number of rotatable bonds is 5. The molecule has 0 amide bonds. The van der Waals surface area contributed by atoms with E-state index in [0.29, 0.717) is 19.4 Å². The van der Waals surface area contributed by atoms with Crippen molar-refractivity contribution in [3.8, 4) is 0 Å². The Kier molecular flexibility index (Phi) is 5.81. The molecule has 156 valence electrons. The third-order valence-corrected chi connectivity index (χ3v) is 8.46. The predicted molar refractivity (Wildman–Crippen MR) is 116 cm³/mol. The lowest BCUT2D eigenvalue weighted by atomic mass is 10.2. The summed E-state index contributed by atoms with van der Waals surface area (Å²) < 4.78 is 28.9. The van der Waals surface area contributed by atoms with Gasteiger partial charge in [0.2, 0.25) is 10.0 Å². The zero-order chi connectivity index (χ0) is 21.3. The summed E-state index contributed by atoms with van der Waals surface area (Å²) in [4.78, 5) is 15.5. The van der Waals surface area contributed by atoms with Crippen LogP contribution in [0, 0.1) is 13.8 Å². The lowest BCUT2D eigenvalue weighted by Crippen LogP contribution is -2.43. The van der Waals surface area contributed by atoms with Gasteiger partial charge < -0.3 is 0 Å². The van der Waals surface area contributed by atoms with Crippen LogP contribution in [0.15, 0.2) is 75.4 Å². The second-order valence-corrected chi connectivity index (χ2v) is 10.2. The Morgan fingerprint density at radius 3 is 2.33 bits per heavy atom. The quantitative estimate of drug-likeness (QED) is 0.595. The number of aromatic nitrogens is 2. The van der Waals surface area contributed by atoms with E-state index < -0.39 is 16.1 Å². The van der Waals surface area contributed by atoms with Gasteiger partial charge in [-0.25, -0.2) is 13.1 Å². The van der Waals surface area contributed by atoms with Crippen LogP contribution in [0.25, 0.3) is 0 Å². The molecule has 0 saturated carbocycles.